The first-order valence-electron chi connectivity index (χ1n) is 10.5. The molecule has 0 aromatic carbocycles. The van der Waals surface area contributed by atoms with Crippen molar-refractivity contribution in [1.29, 1.82) is 0 Å². The fourth-order valence-electron chi connectivity index (χ4n) is 5.32. The van der Waals surface area contributed by atoms with E-state index in [2.05, 4.69) is 4.98 Å². The van der Waals surface area contributed by atoms with Crippen LogP contribution < -0.4 is 8.61 Å². The van der Waals surface area contributed by atoms with Crippen molar-refractivity contribution in [1.82, 2.24) is 9.88 Å². The van der Waals surface area contributed by atoms with Crippen molar-refractivity contribution in [2.24, 2.45) is 17.8 Å². The average Bonchev–Trinajstić information content (AvgIpc) is 3.01. The van der Waals surface area contributed by atoms with Gasteiger partial charge in [-0.25, -0.2) is 22.4 Å². The van der Waals surface area contributed by atoms with E-state index in [-0.39, 0.29) is 24.8 Å². The molecule has 10 heteroatoms. The van der Waals surface area contributed by atoms with E-state index in [4.69, 9.17) is 0 Å². The zero-order chi connectivity index (χ0) is 21.4. The van der Waals surface area contributed by atoms with Gasteiger partial charge in [0.2, 0.25) is 5.91 Å². The second-order valence-electron chi connectivity index (χ2n) is 9.09. The highest BCUT2D eigenvalue weighted by Gasteiger charge is 2.59. The van der Waals surface area contributed by atoms with E-state index in [1.807, 2.05) is 17.9 Å². The quantitative estimate of drug-likeness (QED) is 0.722. The summed E-state index contributed by atoms with van der Waals surface area (Å²) in [6, 6.07) is 3.55. The van der Waals surface area contributed by atoms with Gasteiger partial charge in [0.25, 0.3) is 5.92 Å². The maximum Gasteiger partial charge on any atom is 0.327 e. The van der Waals surface area contributed by atoms with Crippen LogP contribution in [0.5, 0.6) is 0 Å². The molecule has 1 amide bonds. The topological polar surface area (TPSA) is 73.8 Å². The lowest BCUT2D eigenvalue weighted by molar-refractivity contribution is -0.130. The van der Waals surface area contributed by atoms with Gasteiger partial charge in [-0.15, -0.1) is 0 Å². The summed E-state index contributed by atoms with van der Waals surface area (Å²) < 4.78 is 54.5. The number of alkyl halides is 2. The van der Waals surface area contributed by atoms with Crippen molar-refractivity contribution in [3.63, 3.8) is 0 Å². The lowest BCUT2D eigenvalue weighted by atomic mass is 10.0. The largest absolute Gasteiger partial charge is 0.342 e. The van der Waals surface area contributed by atoms with Gasteiger partial charge in [0.05, 0.1) is 5.69 Å². The molecule has 7 nitrogen and oxygen atoms in total. The number of nitrogens with zero attached hydrogens (tertiary/aromatic N) is 4. The van der Waals surface area contributed by atoms with Crippen LogP contribution in [0.1, 0.15) is 44.2 Å². The number of hydrogen-bond donors (Lipinski definition) is 0. The summed E-state index contributed by atoms with van der Waals surface area (Å²) in [6.45, 7) is 3.24. The van der Waals surface area contributed by atoms with Gasteiger partial charge in [0.1, 0.15) is 0 Å². The second kappa shape index (κ2) is 6.51. The lowest BCUT2D eigenvalue weighted by Gasteiger charge is -2.19. The summed E-state index contributed by atoms with van der Waals surface area (Å²) in [4.78, 5) is 18.6. The number of fused-ring (bicyclic) bond motifs is 2. The molecule has 2 aliphatic heterocycles. The first kappa shape index (κ1) is 20.0. The molecule has 2 aliphatic carbocycles. The van der Waals surface area contributed by atoms with Crippen LogP contribution in [0.4, 0.5) is 20.3 Å². The minimum Gasteiger partial charge on any atom is -0.342 e. The Kier molecular flexibility index (Phi) is 4.33. The van der Waals surface area contributed by atoms with Gasteiger partial charge >= 0.3 is 10.2 Å². The molecule has 2 saturated carbocycles. The first-order chi connectivity index (χ1) is 14.1. The van der Waals surface area contributed by atoms with Crippen LogP contribution in [0.2, 0.25) is 0 Å². The molecule has 3 atom stereocenters. The van der Waals surface area contributed by atoms with E-state index in [1.165, 1.54) is 7.05 Å². The minimum absolute atomic E-state index is 0.199. The van der Waals surface area contributed by atoms with Gasteiger partial charge in [-0.05, 0) is 36.8 Å². The Bertz CT molecular complexity index is 988. The highest BCUT2D eigenvalue weighted by atomic mass is 32.2. The molecule has 3 unspecified atom stereocenters. The Morgan fingerprint density at radius 3 is 2.43 bits per heavy atom. The van der Waals surface area contributed by atoms with Crippen LogP contribution in [0.15, 0.2) is 12.1 Å². The third-order valence-corrected chi connectivity index (χ3v) is 9.00. The molecular weight excluding hydrogens is 414 g/mol. The van der Waals surface area contributed by atoms with Crippen molar-refractivity contribution in [2.45, 2.75) is 44.4 Å². The minimum atomic E-state index is -3.88. The van der Waals surface area contributed by atoms with Crippen molar-refractivity contribution in [3.05, 3.63) is 17.8 Å². The maximum absolute atomic E-state index is 13.4. The Labute approximate surface area is 175 Å². The number of amides is 1. The van der Waals surface area contributed by atoms with Crippen molar-refractivity contribution >= 4 is 27.6 Å². The summed E-state index contributed by atoms with van der Waals surface area (Å²) in [5, 5.41) is 0. The number of hydrogen-bond acceptors (Lipinski definition) is 4. The van der Waals surface area contributed by atoms with Gasteiger partial charge < -0.3 is 4.90 Å². The van der Waals surface area contributed by atoms with Crippen LogP contribution in [-0.2, 0) is 15.0 Å². The van der Waals surface area contributed by atoms with Gasteiger partial charge in [-0.1, -0.05) is 6.92 Å². The highest BCUT2D eigenvalue weighted by Crippen LogP contribution is 2.52. The van der Waals surface area contributed by atoms with E-state index in [1.54, 1.807) is 6.07 Å². The fourth-order valence-corrected chi connectivity index (χ4v) is 6.73. The molecule has 1 saturated heterocycles. The molecule has 3 fully saturated rings. The van der Waals surface area contributed by atoms with Crippen LogP contribution in [0.25, 0.3) is 0 Å². The smallest absolute Gasteiger partial charge is 0.327 e. The number of rotatable bonds is 4. The molecule has 4 aliphatic rings. The van der Waals surface area contributed by atoms with E-state index >= 15 is 0 Å². The van der Waals surface area contributed by atoms with E-state index in [0.29, 0.717) is 29.8 Å². The molecule has 1 aromatic rings. The summed E-state index contributed by atoms with van der Waals surface area (Å²) in [5.41, 5.74) is 1.22. The van der Waals surface area contributed by atoms with Gasteiger partial charge in [-0.2, -0.15) is 8.42 Å². The molecule has 164 valence electrons. The fraction of sp³-hybridized carbons (Fsp3) is 0.700. The number of halogens is 2. The summed E-state index contributed by atoms with van der Waals surface area (Å²) in [6.07, 6.45) is 2.11. The van der Waals surface area contributed by atoms with Gasteiger partial charge in [-0.3, -0.25) is 4.79 Å². The van der Waals surface area contributed by atoms with Crippen LogP contribution in [0, 0.1) is 17.8 Å². The van der Waals surface area contributed by atoms with Gasteiger partial charge in [0, 0.05) is 57.1 Å². The van der Waals surface area contributed by atoms with E-state index in [0.717, 1.165) is 40.2 Å². The summed E-state index contributed by atoms with van der Waals surface area (Å²) in [7, 11) is -2.45. The number of pyridine rings is 1. The third kappa shape index (κ3) is 2.98. The van der Waals surface area contributed by atoms with Crippen molar-refractivity contribution in [2.75, 3.05) is 35.3 Å². The molecule has 5 rings (SSSR count). The Balaban J connectivity index is 1.35. The molecule has 30 heavy (non-hydrogen) atoms. The lowest BCUT2D eigenvalue weighted by Crippen LogP contribution is -2.37. The highest BCUT2D eigenvalue weighted by molar-refractivity contribution is 7.94. The standard InChI is InChI=1S/C20H26F2N4O3S/c1-3-18(27)25-9-13-6-12(7-14(13)10-25)16-4-5-17-19(23-16)24(2)30(28,29)26(17)11-15-8-20(15,21)22/h4-5,12-15H,3,6-11H2,1-2H3. The Hall–Kier alpha value is -1.97. The molecular formula is C20H26F2N4O3S. The van der Waals surface area contributed by atoms with Crippen LogP contribution in [-0.4, -0.2) is 56.8 Å². The monoisotopic (exact) mass is 440 g/mol. The zero-order valence-electron chi connectivity index (χ0n) is 17.1. The third-order valence-electron chi connectivity index (χ3n) is 7.23. The SMILES string of the molecule is CCC(=O)N1CC2CC(c3ccc4c(n3)N(C)S(=O)(=O)N4CC3CC3(F)F)CC2C1. The predicted molar refractivity (Wildman–Crippen MR) is 108 cm³/mol. The second-order valence-corrected chi connectivity index (χ2v) is 11.0. The van der Waals surface area contributed by atoms with Gasteiger partial charge in [0.15, 0.2) is 5.82 Å². The maximum atomic E-state index is 13.4. The number of carbonyl (C=O) groups excluding carboxylic acids is 1. The normalized spacial score (nSPS) is 33.0. The average molecular weight is 441 g/mol. The number of aromatic nitrogens is 1. The number of likely N-dealkylation sites (tertiary alicyclic amines) is 1. The first-order valence-corrected chi connectivity index (χ1v) is 11.9. The van der Waals surface area contributed by atoms with E-state index < -0.39 is 22.0 Å². The Morgan fingerprint density at radius 1 is 1.23 bits per heavy atom. The number of anilines is 2. The molecule has 3 heterocycles. The molecule has 0 bridgehead atoms. The predicted octanol–water partition coefficient (Wildman–Crippen LogP) is 2.60. The van der Waals surface area contributed by atoms with E-state index in [9.17, 15) is 22.0 Å². The zero-order valence-corrected chi connectivity index (χ0v) is 17.9. The molecule has 1 aromatic heterocycles. The summed E-state index contributed by atoms with van der Waals surface area (Å²) in [5.74, 6) is -2.07. The summed E-state index contributed by atoms with van der Waals surface area (Å²) >= 11 is 0. The molecule has 0 radical (unpaired) electrons. The molecule has 0 N–H and O–H groups in total. The van der Waals surface area contributed by atoms with Crippen LogP contribution >= 0.6 is 0 Å². The van der Waals surface area contributed by atoms with Crippen LogP contribution in [0.3, 0.4) is 0 Å². The van der Waals surface area contributed by atoms with Crippen molar-refractivity contribution < 1.29 is 22.0 Å². The number of carbonyl (C=O) groups is 1. The van der Waals surface area contributed by atoms with Crippen molar-refractivity contribution in [3.8, 4) is 0 Å². The Morgan fingerprint density at radius 2 is 1.87 bits per heavy atom. The molecule has 0 spiro atoms.